The van der Waals surface area contributed by atoms with Crippen molar-refractivity contribution in [3.63, 3.8) is 0 Å². The van der Waals surface area contributed by atoms with E-state index < -0.39 is 6.23 Å². The van der Waals surface area contributed by atoms with Crippen LogP contribution in [-0.4, -0.2) is 33.2 Å². The monoisotopic (exact) mass is 422 g/mol. The highest BCUT2D eigenvalue weighted by Gasteiger charge is 2.33. The van der Waals surface area contributed by atoms with Crippen LogP contribution in [0.25, 0.3) is 28.1 Å². The number of benzene rings is 3. The highest BCUT2D eigenvalue weighted by molar-refractivity contribution is 5.99. The number of hydrogen-bond donors (Lipinski definition) is 1. The minimum atomic E-state index is -0.605. The minimum Gasteiger partial charge on any atom is -0.445 e. The number of carbonyl (C=O) groups is 1. The zero-order valence-electron chi connectivity index (χ0n) is 17.8. The number of amides is 1. The van der Waals surface area contributed by atoms with E-state index in [4.69, 9.17) is 4.74 Å². The van der Waals surface area contributed by atoms with Crippen molar-refractivity contribution in [2.75, 3.05) is 0 Å². The smallest absolute Gasteiger partial charge is 0.259 e. The van der Waals surface area contributed by atoms with Crippen LogP contribution in [0.1, 0.15) is 25.1 Å². The van der Waals surface area contributed by atoms with Crippen LogP contribution in [0.2, 0.25) is 0 Å². The molecule has 1 amide bonds. The maximum absolute atomic E-state index is 12.2. The molecule has 32 heavy (non-hydrogen) atoms. The number of nitrogens with one attached hydrogen (secondary N) is 1. The Labute approximate surface area is 185 Å². The summed E-state index contributed by atoms with van der Waals surface area (Å²) < 4.78 is 6.11. The van der Waals surface area contributed by atoms with E-state index in [1.807, 2.05) is 73.7 Å². The Bertz CT molecular complexity index is 1350. The second kappa shape index (κ2) is 8.15. The van der Waals surface area contributed by atoms with Crippen molar-refractivity contribution in [1.82, 2.24) is 15.2 Å². The maximum atomic E-state index is 12.2. The van der Waals surface area contributed by atoms with Crippen molar-refractivity contribution in [1.29, 1.82) is 0 Å². The molecule has 1 atom stereocenters. The van der Waals surface area contributed by atoms with Crippen molar-refractivity contribution in [2.24, 2.45) is 5.10 Å². The number of aromatic nitrogens is 2. The van der Waals surface area contributed by atoms with Gasteiger partial charge in [-0.05, 0) is 34.9 Å². The summed E-state index contributed by atoms with van der Waals surface area (Å²) in [6.45, 7) is 3.41. The highest BCUT2D eigenvalue weighted by atomic mass is 16.5. The zero-order chi connectivity index (χ0) is 22.1. The summed E-state index contributed by atoms with van der Waals surface area (Å²) in [4.78, 5) is 12.2. The van der Waals surface area contributed by atoms with Crippen molar-refractivity contribution >= 4 is 28.7 Å². The first kappa shape index (κ1) is 19.8. The molecule has 1 N–H and O–H groups in total. The lowest BCUT2D eigenvalue weighted by Crippen LogP contribution is -2.32. The van der Waals surface area contributed by atoms with Crippen molar-refractivity contribution < 1.29 is 9.53 Å². The van der Waals surface area contributed by atoms with Crippen LogP contribution in [0.4, 0.5) is 0 Å². The van der Waals surface area contributed by atoms with Gasteiger partial charge in [0.2, 0.25) is 12.1 Å². The number of ether oxygens (including phenoxy) is 1. The van der Waals surface area contributed by atoms with Gasteiger partial charge < -0.3 is 4.74 Å². The Hall–Kier alpha value is -4.19. The molecule has 0 saturated carbocycles. The molecule has 1 aromatic heterocycles. The Morgan fingerprint density at radius 1 is 1.00 bits per heavy atom. The molecule has 0 unspecified atom stereocenters. The first-order chi connectivity index (χ1) is 15.6. The highest BCUT2D eigenvalue weighted by Crippen LogP contribution is 2.29. The largest absolute Gasteiger partial charge is 0.445 e. The lowest BCUT2D eigenvalue weighted by molar-refractivity contribution is -0.133. The van der Waals surface area contributed by atoms with E-state index in [0.29, 0.717) is 11.6 Å². The molecule has 6 nitrogen and oxygen atoms in total. The molecule has 5 rings (SSSR count). The molecular formula is C26H22N4O2. The van der Waals surface area contributed by atoms with E-state index in [0.717, 1.165) is 33.2 Å². The van der Waals surface area contributed by atoms with Gasteiger partial charge in [0.15, 0.2) is 0 Å². The number of H-pyrrole nitrogens is 1. The number of carbonyl (C=O) groups excluding carboxylic acids is 1. The quantitative estimate of drug-likeness (QED) is 0.491. The van der Waals surface area contributed by atoms with E-state index in [2.05, 4.69) is 33.5 Å². The maximum Gasteiger partial charge on any atom is 0.259 e. The number of rotatable bonds is 4. The van der Waals surface area contributed by atoms with E-state index in [9.17, 15) is 4.79 Å². The third kappa shape index (κ3) is 3.67. The number of aromatic amines is 1. The van der Waals surface area contributed by atoms with Gasteiger partial charge in [0.25, 0.3) is 5.90 Å². The van der Waals surface area contributed by atoms with Crippen molar-refractivity contribution in [3.05, 3.63) is 95.7 Å². The van der Waals surface area contributed by atoms with Crippen LogP contribution in [0.3, 0.4) is 0 Å². The normalized spacial score (nSPS) is 16.2. The van der Waals surface area contributed by atoms with Crippen molar-refractivity contribution in [2.45, 2.75) is 20.1 Å². The van der Waals surface area contributed by atoms with E-state index >= 15 is 0 Å². The third-order valence-corrected chi connectivity index (χ3v) is 5.42. The van der Waals surface area contributed by atoms with Crippen LogP contribution < -0.4 is 0 Å². The molecule has 0 radical (unpaired) electrons. The number of nitrogens with zero attached hydrogens (tertiary/aromatic N) is 3. The van der Waals surface area contributed by atoms with Crippen molar-refractivity contribution in [3.8, 4) is 11.3 Å². The van der Waals surface area contributed by atoms with Gasteiger partial charge in [0.1, 0.15) is 5.69 Å². The van der Waals surface area contributed by atoms with Gasteiger partial charge >= 0.3 is 0 Å². The van der Waals surface area contributed by atoms with Gasteiger partial charge in [-0.2, -0.15) is 10.1 Å². The second-order valence-corrected chi connectivity index (χ2v) is 7.73. The van der Waals surface area contributed by atoms with Crippen LogP contribution in [-0.2, 0) is 9.53 Å². The molecule has 0 aliphatic carbocycles. The van der Waals surface area contributed by atoms with Crippen LogP contribution in [0, 0.1) is 0 Å². The molecule has 6 heteroatoms. The number of fused-ring (bicyclic) bond motifs is 1. The minimum absolute atomic E-state index is 0.195. The summed E-state index contributed by atoms with van der Waals surface area (Å²) in [6.07, 6.45) is 1.39. The predicted molar refractivity (Wildman–Crippen MR) is 126 cm³/mol. The fraction of sp³-hybridized carbons (Fsp3) is 0.115. The molecule has 0 saturated heterocycles. The fourth-order valence-corrected chi connectivity index (χ4v) is 3.87. The Balaban J connectivity index is 1.46. The summed E-state index contributed by atoms with van der Waals surface area (Å²) in [5.74, 6) is 0.143. The lowest BCUT2D eigenvalue weighted by Gasteiger charge is -2.19. The predicted octanol–water partition coefficient (Wildman–Crippen LogP) is 5.20. The van der Waals surface area contributed by atoms with Gasteiger partial charge in [-0.3, -0.25) is 9.89 Å². The SMILES string of the molecule is CC(=O)N1N=C(c2cc(-c3cccc4ccccc34)n[nH]2)O[C@@H]1/C(C)=C/c1ccccc1. The fourth-order valence-electron chi connectivity index (χ4n) is 3.87. The number of hydrogen-bond acceptors (Lipinski definition) is 4. The second-order valence-electron chi connectivity index (χ2n) is 7.73. The lowest BCUT2D eigenvalue weighted by atomic mass is 10.0. The van der Waals surface area contributed by atoms with Gasteiger partial charge in [0.05, 0.1) is 5.69 Å². The first-order valence-electron chi connectivity index (χ1n) is 10.4. The molecule has 158 valence electrons. The van der Waals surface area contributed by atoms with Gasteiger partial charge in [-0.1, -0.05) is 78.9 Å². The van der Waals surface area contributed by atoms with E-state index in [-0.39, 0.29) is 5.91 Å². The van der Waals surface area contributed by atoms with E-state index in [1.54, 1.807) is 0 Å². The summed E-state index contributed by atoms with van der Waals surface area (Å²) in [6, 6.07) is 26.1. The zero-order valence-corrected chi connectivity index (χ0v) is 17.8. The molecule has 4 aromatic rings. The van der Waals surface area contributed by atoms with Crippen LogP contribution in [0.5, 0.6) is 0 Å². The standard InChI is InChI=1S/C26H22N4O2/c1-17(15-19-9-4-3-5-10-19)26-30(18(2)31)29-25(32-26)24-16-23(27-28-24)22-14-8-12-20-11-6-7-13-21(20)22/h3-16,26H,1-2H3,(H,27,28)/b17-15+/t26-/m1/s1. The average Bonchev–Trinajstić information content (AvgIpc) is 3.47. The molecule has 0 spiro atoms. The summed E-state index contributed by atoms with van der Waals surface area (Å²) in [5.41, 5.74) is 4.33. The van der Waals surface area contributed by atoms with Gasteiger partial charge in [0, 0.05) is 12.5 Å². The molecule has 0 fully saturated rings. The van der Waals surface area contributed by atoms with Crippen LogP contribution in [0.15, 0.2) is 89.5 Å². The Morgan fingerprint density at radius 3 is 2.56 bits per heavy atom. The molecular weight excluding hydrogens is 400 g/mol. The topological polar surface area (TPSA) is 70.6 Å². The summed E-state index contributed by atoms with van der Waals surface area (Å²) >= 11 is 0. The average molecular weight is 422 g/mol. The van der Waals surface area contributed by atoms with Gasteiger partial charge in [-0.25, -0.2) is 0 Å². The molecule has 0 bridgehead atoms. The van der Waals surface area contributed by atoms with Crippen LogP contribution >= 0.6 is 0 Å². The Kier molecular flexibility index (Phi) is 5.03. The number of hydrazone groups is 1. The third-order valence-electron chi connectivity index (χ3n) is 5.42. The Morgan fingerprint density at radius 2 is 1.75 bits per heavy atom. The van der Waals surface area contributed by atoms with Gasteiger partial charge in [-0.15, -0.1) is 5.10 Å². The first-order valence-corrected chi connectivity index (χ1v) is 10.4. The summed E-state index contributed by atoms with van der Waals surface area (Å²) in [7, 11) is 0. The molecule has 2 heterocycles. The molecule has 1 aliphatic rings. The van der Waals surface area contributed by atoms with E-state index in [1.165, 1.54) is 11.9 Å². The molecule has 3 aromatic carbocycles. The summed E-state index contributed by atoms with van der Waals surface area (Å²) in [5, 5.41) is 15.6. The molecule has 1 aliphatic heterocycles.